The molecule has 5 rings (SSSR count). The number of benzene rings is 2. The molecule has 7 atom stereocenters. The number of rotatable bonds is 19. The second kappa shape index (κ2) is 30.5. The Hall–Kier alpha value is -7.42. The molecule has 2 aromatic carbocycles. The lowest BCUT2D eigenvalue weighted by atomic mass is 9.85. The third-order valence-corrected chi connectivity index (χ3v) is 16.7. The predicted octanol–water partition coefficient (Wildman–Crippen LogP) is -2.34. The van der Waals surface area contributed by atoms with Crippen LogP contribution in [0.25, 0.3) is 0 Å². The van der Waals surface area contributed by atoms with Gasteiger partial charge in [0.05, 0.1) is 13.0 Å². The minimum Gasteiger partial charge on any atom is -0.370 e. The number of hydrogen-bond acceptors (Lipinski definition) is 14. The van der Waals surface area contributed by atoms with Gasteiger partial charge in [0, 0.05) is 49.3 Å². The van der Waals surface area contributed by atoms with E-state index in [2.05, 4.69) is 42.2 Å². The summed E-state index contributed by atoms with van der Waals surface area (Å²) in [6.07, 6.45) is 2.61. The van der Waals surface area contributed by atoms with E-state index >= 15 is 0 Å². The van der Waals surface area contributed by atoms with Gasteiger partial charge in [-0.15, -0.1) is 0 Å². The van der Waals surface area contributed by atoms with Gasteiger partial charge in [0.25, 0.3) is 0 Å². The average molecular weight is 1120 g/mol. The molecule has 1 saturated carbocycles. The van der Waals surface area contributed by atoms with Gasteiger partial charge >= 0.3 is 0 Å². The standard InChI is InChI=1S/C51H72N14O11S2/c52-39(66)19-18-33-44(71)63-36(26-40(53)67)47(74)64-37(49(76)65-23-11-17-38(65)48(75)61-32(16-10-22-57-50(55)56)43(70)58-28-41(54)68)29-77-78-51(20-8-3-9-21-51)27-42(69)59-34(24-30-12-4-1-5-13-30)45(72)62-35(46(73)60-33)25-31-14-6-2-7-15-31/h1-2,4-7,12-15,32-38H,3,8-11,16-29H2,(H2,52,66)(H2,53,67)(H2,54,68)(H,58,70)(H,59,69)(H,60,73)(H,61,75)(H,62,72)(H,63,71)(H,64,74)(H4,55,56,57)/t32-,33?,34?,35-,36?,37-,38-/m0/s1. The number of guanidine groups is 1. The maximum Gasteiger partial charge on any atom is 0.246 e. The lowest BCUT2D eigenvalue weighted by Crippen LogP contribution is -2.61. The third kappa shape index (κ3) is 19.9. The molecule has 17 N–H and O–H groups in total. The van der Waals surface area contributed by atoms with Crippen LogP contribution in [0.4, 0.5) is 0 Å². The Morgan fingerprint density at radius 3 is 1.86 bits per heavy atom. The minimum absolute atomic E-state index is 0.0231. The first-order chi connectivity index (χ1) is 37.2. The quantitative estimate of drug-likeness (QED) is 0.0304. The van der Waals surface area contributed by atoms with E-state index in [1.54, 1.807) is 60.7 Å². The van der Waals surface area contributed by atoms with Gasteiger partial charge in [-0.05, 0) is 56.1 Å². The summed E-state index contributed by atoms with van der Waals surface area (Å²) in [4.78, 5) is 156. The fraction of sp³-hybridized carbons (Fsp3) is 0.529. The summed E-state index contributed by atoms with van der Waals surface area (Å²) in [5.41, 5.74) is 28.6. The Labute approximate surface area is 459 Å². The number of likely N-dealkylation sites (tertiary alicyclic amines) is 1. The molecule has 25 nitrogen and oxygen atoms in total. The van der Waals surface area contributed by atoms with Crippen molar-refractivity contribution in [3.05, 3.63) is 71.8 Å². The molecule has 1 aliphatic carbocycles. The molecule has 1 spiro atoms. The van der Waals surface area contributed by atoms with Crippen LogP contribution in [0.1, 0.15) is 94.6 Å². The van der Waals surface area contributed by atoms with Gasteiger partial charge in [-0.25, -0.2) is 0 Å². The fourth-order valence-electron chi connectivity index (χ4n) is 9.44. The van der Waals surface area contributed by atoms with E-state index in [0.717, 1.165) is 19.3 Å². The minimum atomic E-state index is -1.76. The lowest BCUT2D eigenvalue weighted by Gasteiger charge is -2.37. The first-order valence-corrected chi connectivity index (χ1v) is 28.2. The van der Waals surface area contributed by atoms with Crippen molar-refractivity contribution in [2.45, 2.75) is 143 Å². The molecule has 0 radical (unpaired) electrons. The van der Waals surface area contributed by atoms with E-state index in [4.69, 9.17) is 28.7 Å². The summed E-state index contributed by atoms with van der Waals surface area (Å²) < 4.78 is -0.724. The largest absolute Gasteiger partial charge is 0.370 e. The molecule has 2 aromatic rings. The molecule has 2 aliphatic heterocycles. The summed E-state index contributed by atoms with van der Waals surface area (Å²) in [5.74, 6) is -9.36. The highest BCUT2D eigenvalue weighted by atomic mass is 33.1. The Kier molecular flexibility index (Phi) is 24.0. The fourth-order valence-corrected chi connectivity index (χ4v) is 12.8. The highest BCUT2D eigenvalue weighted by Gasteiger charge is 2.42. The van der Waals surface area contributed by atoms with Crippen molar-refractivity contribution in [3.8, 4) is 0 Å². The number of nitrogens with two attached hydrogens (primary N) is 5. The van der Waals surface area contributed by atoms with E-state index in [1.807, 2.05) is 0 Å². The van der Waals surface area contributed by atoms with Crippen molar-refractivity contribution in [2.75, 3.05) is 25.4 Å². The zero-order valence-corrected chi connectivity index (χ0v) is 45.0. The molecule has 3 fully saturated rings. The maximum absolute atomic E-state index is 14.9. The monoisotopic (exact) mass is 1120 g/mol. The van der Waals surface area contributed by atoms with E-state index in [0.29, 0.717) is 30.4 Å². The van der Waals surface area contributed by atoms with Crippen molar-refractivity contribution >= 4 is 92.5 Å². The van der Waals surface area contributed by atoms with Crippen LogP contribution < -0.4 is 65.9 Å². The van der Waals surface area contributed by atoms with Crippen LogP contribution in [0, 0.1) is 0 Å². The highest BCUT2D eigenvalue weighted by molar-refractivity contribution is 8.77. The molecule has 2 heterocycles. The SMILES string of the molecule is NC(=O)CCC1NC(=O)[C@H](Cc2ccccc2)NC(=O)C(Cc2ccccc2)NC(=O)CC2(CCCCC2)SSC[C@@H](C(=O)N2CCC[C@H]2C(=O)N[C@@H](CCCN=C(N)N)C(=O)NCC(N)=O)NC(=O)C(CC(N)=O)NC1=O. The van der Waals surface area contributed by atoms with Gasteiger partial charge in [0.2, 0.25) is 65.0 Å². The van der Waals surface area contributed by atoms with Crippen molar-refractivity contribution < 1.29 is 52.7 Å². The molecule has 0 aromatic heterocycles. The van der Waals surface area contributed by atoms with Gasteiger partial charge in [-0.3, -0.25) is 57.7 Å². The van der Waals surface area contributed by atoms with Crippen molar-refractivity contribution in [2.24, 2.45) is 33.7 Å². The summed E-state index contributed by atoms with van der Waals surface area (Å²) in [5, 5.41) is 18.5. The van der Waals surface area contributed by atoms with Crippen molar-refractivity contribution in [3.63, 3.8) is 0 Å². The number of nitrogens with zero attached hydrogens (tertiary/aromatic N) is 2. The molecule has 27 heteroatoms. The van der Waals surface area contributed by atoms with Gasteiger partial charge in [0.1, 0.15) is 42.3 Å². The highest BCUT2D eigenvalue weighted by Crippen LogP contribution is 2.48. The number of carbonyl (C=O) groups excluding carboxylic acids is 11. The molecule has 3 aliphatic rings. The van der Waals surface area contributed by atoms with E-state index in [9.17, 15) is 52.7 Å². The number of amides is 11. The molecular formula is C51H72N14O11S2. The summed E-state index contributed by atoms with van der Waals surface area (Å²) in [6, 6.07) is 7.93. The first-order valence-electron chi connectivity index (χ1n) is 25.9. The van der Waals surface area contributed by atoms with Crippen molar-refractivity contribution in [1.29, 1.82) is 0 Å². The Balaban J connectivity index is 1.52. The molecule has 3 unspecified atom stereocenters. The lowest BCUT2D eigenvalue weighted by molar-refractivity contribution is -0.142. The zero-order valence-electron chi connectivity index (χ0n) is 43.3. The normalized spacial score (nSPS) is 22.9. The second-order valence-electron chi connectivity index (χ2n) is 19.6. The molecule has 11 amide bonds. The van der Waals surface area contributed by atoms with Crippen LogP contribution in [-0.2, 0) is 65.6 Å². The molecule has 424 valence electrons. The third-order valence-electron chi connectivity index (χ3n) is 13.4. The Bertz CT molecular complexity index is 2500. The Morgan fingerprint density at radius 2 is 1.27 bits per heavy atom. The van der Waals surface area contributed by atoms with Crippen LogP contribution in [-0.4, -0.2) is 148 Å². The van der Waals surface area contributed by atoms with Crippen LogP contribution >= 0.6 is 21.6 Å². The number of hydrogen-bond donors (Lipinski definition) is 12. The summed E-state index contributed by atoms with van der Waals surface area (Å²) in [7, 11) is 2.53. The second-order valence-corrected chi connectivity index (χ2v) is 22.4. The topological polar surface area (TPSA) is 418 Å². The maximum atomic E-state index is 14.9. The van der Waals surface area contributed by atoms with Crippen LogP contribution in [0.15, 0.2) is 65.7 Å². The van der Waals surface area contributed by atoms with E-state index in [1.165, 1.54) is 26.5 Å². The number of nitrogens with one attached hydrogen (secondary N) is 7. The van der Waals surface area contributed by atoms with Gasteiger partial charge in [-0.2, -0.15) is 0 Å². The Morgan fingerprint density at radius 1 is 0.692 bits per heavy atom. The zero-order chi connectivity index (χ0) is 56.8. The van der Waals surface area contributed by atoms with Crippen LogP contribution in [0.5, 0.6) is 0 Å². The van der Waals surface area contributed by atoms with Crippen LogP contribution in [0.3, 0.4) is 0 Å². The van der Waals surface area contributed by atoms with Gasteiger partial charge in [-0.1, -0.05) is 102 Å². The van der Waals surface area contributed by atoms with Crippen molar-refractivity contribution in [1.82, 2.24) is 42.1 Å². The average Bonchev–Trinajstić information content (AvgIpc) is 3.91. The van der Waals surface area contributed by atoms with Gasteiger partial charge < -0.3 is 70.8 Å². The van der Waals surface area contributed by atoms with E-state index in [-0.39, 0.29) is 63.3 Å². The number of carbonyl (C=O) groups is 11. The summed E-state index contributed by atoms with van der Waals surface area (Å²) >= 11 is 0. The molecule has 2 saturated heterocycles. The van der Waals surface area contributed by atoms with Gasteiger partial charge in [0.15, 0.2) is 5.96 Å². The van der Waals surface area contributed by atoms with E-state index < -0.39 is 138 Å². The summed E-state index contributed by atoms with van der Waals surface area (Å²) in [6.45, 7) is -0.368. The smallest absolute Gasteiger partial charge is 0.246 e. The predicted molar refractivity (Wildman–Crippen MR) is 291 cm³/mol. The molecule has 78 heavy (non-hydrogen) atoms. The van der Waals surface area contributed by atoms with Crippen LogP contribution in [0.2, 0.25) is 0 Å². The molecular weight excluding hydrogens is 1050 g/mol. The first kappa shape index (κ1) is 61.4. The molecule has 0 bridgehead atoms. The number of primary amides is 3. The number of aliphatic imine (C=N–C) groups is 1.